The first-order chi connectivity index (χ1) is 12.4. The van der Waals surface area contributed by atoms with Crippen molar-refractivity contribution in [1.82, 2.24) is 0 Å². The Morgan fingerprint density at radius 2 is 1.28 bits per heavy atom. The monoisotopic (exact) mass is 328 g/mol. The SMILES string of the molecule is CN=Nc1ccc(N=Nc2cccc3ccccc23)c2c1CCCC2. The molecule has 1 aliphatic rings. The molecule has 0 heterocycles. The second-order valence-electron chi connectivity index (χ2n) is 6.27. The minimum absolute atomic E-state index is 0.903. The molecule has 3 aromatic carbocycles. The van der Waals surface area contributed by atoms with Crippen molar-refractivity contribution in [2.75, 3.05) is 7.05 Å². The van der Waals surface area contributed by atoms with E-state index in [1.165, 1.54) is 29.4 Å². The van der Waals surface area contributed by atoms with Gasteiger partial charge in [-0.15, -0.1) is 5.11 Å². The van der Waals surface area contributed by atoms with Crippen LogP contribution in [0.2, 0.25) is 0 Å². The topological polar surface area (TPSA) is 49.4 Å². The van der Waals surface area contributed by atoms with E-state index in [-0.39, 0.29) is 0 Å². The summed E-state index contributed by atoms with van der Waals surface area (Å²) < 4.78 is 0. The maximum absolute atomic E-state index is 4.59. The van der Waals surface area contributed by atoms with Gasteiger partial charge in [0.15, 0.2) is 0 Å². The Hall–Kier alpha value is -2.88. The lowest BCUT2D eigenvalue weighted by Gasteiger charge is -2.18. The van der Waals surface area contributed by atoms with Crippen LogP contribution >= 0.6 is 0 Å². The summed E-state index contributed by atoms with van der Waals surface area (Å²) >= 11 is 0. The standard InChI is InChI=1S/C21H20N4/c1-22-23-20-13-14-21(18-11-5-4-10-17(18)20)25-24-19-12-6-8-15-7-2-3-9-16(15)19/h2-3,6-9,12-14H,4-5,10-11H2,1H3. The number of benzene rings is 3. The largest absolute Gasteiger partial charge is 0.192 e. The van der Waals surface area contributed by atoms with Gasteiger partial charge in [-0.3, -0.25) is 0 Å². The van der Waals surface area contributed by atoms with Gasteiger partial charge in [0.1, 0.15) is 0 Å². The van der Waals surface area contributed by atoms with E-state index >= 15 is 0 Å². The van der Waals surface area contributed by atoms with Gasteiger partial charge < -0.3 is 0 Å². The molecule has 25 heavy (non-hydrogen) atoms. The Morgan fingerprint density at radius 1 is 0.640 bits per heavy atom. The molecule has 0 amide bonds. The van der Waals surface area contributed by atoms with Crippen LogP contribution in [0, 0.1) is 0 Å². The molecule has 0 bridgehead atoms. The first-order valence-corrected chi connectivity index (χ1v) is 8.71. The molecule has 4 rings (SSSR count). The van der Waals surface area contributed by atoms with Gasteiger partial charge in [-0.1, -0.05) is 36.4 Å². The van der Waals surface area contributed by atoms with Gasteiger partial charge in [0.25, 0.3) is 0 Å². The van der Waals surface area contributed by atoms with E-state index < -0.39 is 0 Å². The molecule has 4 heteroatoms. The number of nitrogens with zero attached hydrogens (tertiary/aromatic N) is 4. The van der Waals surface area contributed by atoms with Crippen LogP contribution in [-0.2, 0) is 12.8 Å². The van der Waals surface area contributed by atoms with Gasteiger partial charge in [0.05, 0.1) is 17.1 Å². The van der Waals surface area contributed by atoms with Crippen molar-refractivity contribution in [3.8, 4) is 0 Å². The minimum atomic E-state index is 0.903. The second-order valence-corrected chi connectivity index (χ2v) is 6.27. The number of fused-ring (bicyclic) bond motifs is 2. The molecule has 0 atom stereocenters. The highest BCUT2D eigenvalue weighted by Crippen LogP contribution is 2.37. The fraction of sp³-hybridized carbons (Fsp3) is 0.238. The number of hydrogen-bond acceptors (Lipinski definition) is 4. The van der Waals surface area contributed by atoms with E-state index in [1.807, 2.05) is 36.4 Å². The predicted molar refractivity (Wildman–Crippen MR) is 102 cm³/mol. The maximum Gasteiger partial charge on any atom is 0.0935 e. The lowest BCUT2D eigenvalue weighted by Crippen LogP contribution is -2.02. The highest BCUT2D eigenvalue weighted by Gasteiger charge is 2.17. The van der Waals surface area contributed by atoms with E-state index in [2.05, 4.69) is 38.7 Å². The van der Waals surface area contributed by atoms with Crippen LogP contribution in [0.5, 0.6) is 0 Å². The number of rotatable bonds is 3. The van der Waals surface area contributed by atoms with Crippen molar-refractivity contribution in [2.45, 2.75) is 25.7 Å². The first-order valence-electron chi connectivity index (χ1n) is 8.71. The van der Waals surface area contributed by atoms with Gasteiger partial charge in [-0.05, 0) is 60.4 Å². The molecule has 1 aliphatic carbocycles. The van der Waals surface area contributed by atoms with Crippen LogP contribution in [0.4, 0.5) is 17.1 Å². The normalized spacial score (nSPS) is 14.4. The summed E-state index contributed by atoms with van der Waals surface area (Å²) in [5.74, 6) is 0. The molecule has 0 radical (unpaired) electrons. The first kappa shape index (κ1) is 15.6. The van der Waals surface area contributed by atoms with Crippen molar-refractivity contribution in [2.24, 2.45) is 20.5 Å². The minimum Gasteiger partial charge on any atom is -0.192 e. The Balaban J connectivity index is 1.76. The molecule has 3 aromatic rings. The fourth-order valence-electron chi connectivity index (χ4n) is 3.53. The molecular formula is C21H20N4. The zero-order valence-corrected chi connectivity index (χ0v) is 14.3. The lowest BCUT2D eigenvalue weighted by atomic mass is 9.89. The summed E-state index contributed by atoms with van der Waals surface area (Å²) in [5, 5.41) is 19.7. The zero-order valence-electron chi connectivity index (χ0n) is 14.3. The van der Waals surface area contributed by atoms with Crippen molar-refractivity contribution in [1.29, 1.82) is 0 Å². The Bertz CT molecular complexity index is 968. The molecule has 0 N–H and O–H groups in total. The van der Waals surface area contributed by atoms with E-state index in [1.54, 1.807) is 7.05 Å². The predicted octanol–water partition coefficient (Wildman–Crippen LogP) is 6.85. The average molecular weight is 328 g/mol. The number of azo groups is 2. The molecule has 0 fully saturated rings. The van der Waals surface area contributed by atoms with Crippen LogP contribution in [0.3, 0.4) is 0 Å². The third-order valence-corrected chi connectivity index (χ3v) is 4.73. The van der Waals surface area contributed by atoms with E-state index in [0.717, 1.165) is 35.3 Å². The summed E-state index contributed by atoms with van der Waals surface area (Å²) in [6.07, 6.45) is 4.47. The third kappa shape index (κ3) is 3.07. The van der Waals surface area contributed by atoms with Crippen LogP contribution in [0.15, 0.2) is 75.1 Å². The molecule has 0 spiro atoms. The Kier molecular flexibility index (Phi) is 4.34. The van der Waals surface area contributed by atoms with Gasteiger partial charge in [0, 0.05) is 12.4 Å². The smallest absolute Gasteiger partial charge is 0.0935 e. The highest BCUT2D eigenvalue weighted by atomic mass is 15.1. The zero-order chi connectivity index (χ0) is 17.1. The average Bonchev–Trinajstić information content (AvgIpc) is 2.67. The molecule has 0 saturated heterocycles. The van der Waals surface area contributed by atoms with E-state index in [4.69, 9.17) is 0 Å². The fourth-order valence-corrected chi connectivity index (χ4v) is 3.53. The van der Waals surface area contributed by atoms with Gasteiger partial charge in [-0.2, -0.15) is 15.3 Å². The summed E-state index contributed by atoms with van der Waals surface area (Å²) in [7, 11) is 1.71. The van der Waals surface area contributed by atoms with E-state index in [9.17, 15) is 0 Å². The van der Waals surface area contributed by atoms with E-state index in [0.29, 0.717) is 0 Å². The number of hydrogen-bond donors (Lipinski definition) is 0. The van der Waals surface area contributed by atoms with Crippen molar-refractivity contribution >= 4 is 27.8 Å². The van der Waals surface area contributed by atoms with Crippen LogP contribution < -0.4 is 0 Å². The quantitative estimate of drug-likeness (QED) is 0.472. The Morgan fingerprint density at radius 3 is 2.04 bits per heavy atom. The maximum atomic E-state index is 4.59. The molecule has 4 nitrogen and oxygen atoms in total. The van der Waals surface area contributed by atoms with Gasteiger partial charge in [0.2, 0.25) is 0 Å². The summed E-state index contributed by atoms with van der Waals surface area (Å²) in [4.78, 5) is 0. The molecule has 124 valence electrons. The third-order valence-electron chi connectivity index (χ3n) is 4.73. The van der Waals surface area contributed by atoms with Crippen LogP contribution in [0.1, 0.15) is 24.0 Å². The molecule has 0 saturated carbocycles. The summed E-state index contributed by atoms with van der Waals surface area (Å²) in [6.45, 7) is 0. The summed E-state index contributed by atoms with van der Waals surface area (Å²) in [5.41, 5.74) is 5.39. The second kappa shape index (κ2) is 6.93. The van der Waals surface area contributed by atoms with Crippen LogP contribution in [0.25, 0.3) is 10.8 Å². The molecular weight excluding hydrogens is 308 g/mol. The Labute approximate surface area is 147 Å². The van der Waals surface area contributed by atoms with Crippen molar-refractivity contribution in [3.05, 3.63) is 65.7 Å². The summed E-state index contributed by atoms with van der Waals surface area (Å²) in [6, 6.07) is 18.4. The van der Waals surface area contributed by atoms with Crippen molar-refractivity contribution < 1.29 is 0 Å². The molecule has 0 aliphatic heterocycles. The molecule has 0 aromatic heterocycles. The lowest BCUT2D eigenvalue weighted by molar-refractivity contribution is 0.685. The van der Waals surface area contributed by atoms with Gasteiger partial charge >= 0.3 is 0 Å². The highest BCUT2D eigenvalue weighted by molar-refractivity contribution is 5.92. The van der Waals surface area contributed by atoms with Crippen molar-refractivity contribution in [3.63, 3.8) is 0 Å². The molecule has 0 unspecified atom stereocenters. The van der Waals surface area contributed by atoms with Crippen LogP contribution in [-0.4, -0.2) is 7.05 Å². The van der Waals surface area contributed by atoms with Gasteiger partial charge in [-0.25, -0.2) is 0 Å².